The summed E-state index contributed by atoms with van der Waals surface area (Å²) < 4.78 is 0. The van der Waals surface area contributed by atoms with Gasteiger partial charge in [0.1, 0.15) is 0 Å². The Kier molecular flexibility index (Phi) is 10.1. The van der Waals surface area contributed by atoms with E-state index < -0.39 is 0 Å². The normalized spacial score (nSPS) is 21.0. The Hall–Kier alpha value is -2.48. The van der Waals surface area contributed by atoms with Gasteiger partial charge in [-0.3, -0.25) is 4.99 Å². The highest BCUT2D eigenvalue weighted by atomic mass is 14.8. The van der Waals surface area contributed by atoms with Crippen LogP contribution in [0.1, 0.15) is 79.2 Å². The van der Waals surface area contributed by atoms with Gasteiger partial charge in [0.25, 0.3) is 0 Å². The Balaban J connectivity index is 2.54. The molecule has 2 heteroatoms. The van der Waals surface area contributed by atoms with Crippen molar-refractivity contribution in [3.05, 3.63) is 83.0 Å². The summed E-state index contributed by atoms with van der Waals surface area (Å²) >= 11 is 0. The molecule has 0 saturated heterocycles. The zero-order valence-electron chi connectivity index (χ0n) is 21.2. The molecular weight excluding hydrogens is 388 g/mol. The van der Waals surface area contributed by atoms with E-state index in [1.165, 1.54) is 23.1 Å². The minimum atomic E-state index is -0.0670. The maximum Gasteiger partial charge on any atom is 0.0977 e. The van der Waals surface area contributed by atoms with E-state index in [9.17, 15) is 0 Å². The third-order valence-corrected chi connectivity index (χ3v) is 6.13. The molecule has 32 heavy (non-hydrogen) atoms. The number of nitrogens with one attached hydrogen (secondary N) is 1. The van der Waals surface area contributed by atoms with Crippen LogP contribution in [0.2, 0.25) is 0 Å². The molecular formula is C30H42N2. The van der Waals surface area contributed by atoms with E-state index >= 15 is 0 Å². The highest BCUT2D eigenvalue weighted by Crippen LogP contribution is 2.36. The van der Waals surface area contributed by atoms with E-state index in [2.05, 4.69) is 95.3 Å². The molecule has 1 aromatic rings. The average Bonchev–Trinajstić information content (AvgIpc) is 2.75. The maximum absolute atomic E-state index is 8.57. The highest BCUT2D eigenvalue weighted by Gasteiger charge is 2.28. The Morgan fingerprint density at radius 1 is 1.09 bits per heavy atom. The molecule has 1 N–H and O–H groups in total. The fourth-order valence-electron chi connectivity index (χ4n) is 4.66. The van der Waals surface area contributed by atoms with Crippen molar-refractivity contribution < 1.29 is 0 Å². The molecule has 1 aliphatic carbocycles. The van der Waals surface area contributed by atoms with Crippen molar-refractivity contribution in [2.75, 3.05) is 0 Å². The summed E-state index contributed by atoms with van der Waals surface area (Å²) in [6, 6.07) is 10.6. The molecule has 1 aromatic carbocycles. The number of rotatable bonds is 10. The SMILES string of the molecule is CC=C/C=C(\CC)C(C)=NC1C(CC(C)CC(C)C)=CC(c2ccccc2)C=C1C(C)=N. The minimum Gasteiger partial charge on any atom is -0.305 e. The van der Waals surface area contributed by atoms with E-state index in [1.807, 2.05) is 13.8 Å². The topological polar surface area (TPSA) is 36.2 Å². The molecule has 172 valence electrons. The smallest absolute Gasteiger partial charge is 0.0977 e. The van der Waals surface area contributed by atoms with Gasteiger partial charge in [-0.1, -0.05) is 88.4 Å². The summed E-state index contributed by atoms with van der Waals surface area (Å²) in [6.45, 7) is 15.2. The summed E-state index contributed by atoms with van der Waals surface area (Å²) in [5.41, 5.74) is 6.63. The van der Waals surface area contributed by atoms with Crippen molar-refractivity contribution in [3.63, 3.8) is 0 Å². The van der Waals surface area contributed by atoms with Crippen molar-refractivity contribution in [1.82, 2.24) is 0 Å². The van der Waals surface area contributed by atoms with Crippen molar-refractivity contribution in [1.29, 1.82) is 5.41 Å². The summed E-state index contributed by atoms with van der Waals surface area (Å²) in [7, 11) is 0. The number of hydrogen-bond acceptors (Lipinski definition) is 2. The molecule has 0 fully saturated rings. The standard InChI is InChI=1S/C30H42N2/c1-8-10-14-25(9-2)24(7)32-30-28(18-22(5)17-21(3)4)19-27(20-29(30)23(6)31)26-15-12-11-13-16-26/h8,10-16,19-22,27,30-31H,9,17-18H2,1-7H3/b10-8?,25-14+,31-23?,32-24?. The van der Waals surface area contributed by atoms with Crippen molar-refractivity contribution >= 4 is 11.4 Å². The second-order valence-electron chi connectivity index (χ2n) is 9.55. The van der Waals surface area contributed by atoms with Gasteiger partial charge in [-0.2, -0.15) is 0 Å². The Morgan fingerprint density at radius 3 is 2.34 bits per heavy atom. The van der Waals surface area contributed by atoms with Crippen molar-refractivity contribution in [3.8, 4) is 0 Å². The lowest BCUT2D eigenvalue weighted by molar-refractivity contribution is 0.430. The summed E-state index contributed by atoms with van der Waals surface area (Å²) in [4.78, 5) is 5.24. The molecule has 0 heterocycles. The number of allylic oxidation sites excluding steroid dienone is 6. The Morgan fingerprint density at radius 2 is 1.78 bits per heavy atom. The first-order valence-electron chi connectivity index (χ1n) is 12.2. The lowest BCUT2D eigenvalue weighted by Gasteiger charge is -2.30. The average molecular weight is 431 g/mol. The molecule has 0 aliphatic heterocycles. The van der Waals surface area contributed by atoms with Gasteiger partial charge in [0.05, 0.1) is 6.04 Å². The summed E-state index contributed by atoms with van der Waals surface area (Å²) in [6.07, 6.45) is 14.2. The van der Waals surface area contributed by atoms with Gasteiger partial charge in [0.15, 0.2) is 0 Å². The van der Waals surface area contributed by atoms with Crippen LogP contribution in [0.4, 0.5) is 0 Å². The first-order valence-corrected chi connectivity index (χ1v) is 12.2. The van der Waals surface area contributed by atoms with Crippen LogP contribution in [0, 0.1) is 17.2 Å². The molecule has 3 unspecified atom stereocenters. The lowest BCUT2D eigenvalue weighted by Crippen LogP contribution is -2.25. The highest BCUT2D eigenvalue weighted by molar-refractivity contribution is 6.01. The molecule has 0 radical (unpaired) electrons. The predicted octanol–water partition coefficient (Wildman–Crippen LogP) is 8.49. The molecule has 0 amide bonds. The minimum absolute atomic E-state index is 0.0670. The number of hydrogen-bond donors (Lipinski definition) is 1. The first-order chi connectivity index (χ1) is 15.3. The monoisotopic (exact) mass is 430 g/mol. The fraction of sp³-hybridized carbons (Fsp3) is 0.467. The third kappa shape index (κ3) is 7.29. The van der Waals surface area contributed by atoms with Gasteiger partial charge in [-0.25, -0.2) is 0 Å². The van der Waals surface area contributed by atoms with Gasteiger partial charge in [0, 0.05) is 17.3 Å². The zero-order chi connectivity index (χ0) is 23.7. The van der Waals surface area contributed by atoms with Gasteiger partial charge in [-0.05, 0) is 74.2 Å². The van der Waals surface area contributed by atoms with Crippen LogP contribution in [0.25, 0.3) is 0 Å². The van der Waals surface area contributed by atoms with Crippen LogP contribution in [0.15, 0.2) is 82.4 Å². The van der Waals surface area contributed by atoms with E-state index in [4.69, 9.17) is 10.4 Å². The van der Waals surface area contributed by atoms with Crippen LogP contribution >= 0.6 is 0 Å². The number of aliphatic imine (C=N–C) groups is 1. The maximum atomic E-state index is 8.57. The molecule has 2 rings (SSSR count). The van der Waals surface area contributed by atoms with Crippen LogP contribution in [0.5, 0.6) is 0 Å². The first kappa shape index (κ1) is 25.8. The predicted molar refractivity (Wildman–Crippen MR) is 142 cm³/mol. The van der Waals surface area contributed by atoms with Crippen molar-refractivity contribution in [2.45, 2.75) is 79.7 Å². The molecule has 0 saturated carbocycles. The van der Waals surface area contributed by atoms with Crippen LogP contribution in [-0.2, 0) is 0 Å². The van der Waals surface area contributed by atoms with Gasteiger partial charge >= 0.3 is 0 Å². The summed E-state index contributed by atoms with van der Waals surface area (Å²) in [5, 5.41) is 8.57. The third-order valence-electron chi connectivity index (χ3n) is 6.13. The molecule has 0 spiro atoms. The van der Waals surface area contributed by atoms with Crippen LogP contribution in [-0.4, -0.2) is 17.5 Å². The lowest BCUT2D eigenvalue weighted by atomic mass is 9.78. The fourth-order valence-corrected chi connectivity index (χ4v) is 4.66. The van der Waals surface area contributed by atoms with Gasteiger partial charge in [-0.15, -0.1) is 0 Å². The largest absolute Gasteiger partial charge is 0.305 e. The molecule has 0 aromatic heterocycles. The molecule has 3 atom stereocenters. The second-order valence-corrected chi connectivity index (χ2v) is 9.55. The second kappa shape index (κ2) is 12.5. The number of benzene rings is 1. The quantitative estimate of drug-likeness (QED) is 0.219. The number of nitrogens with zero attached hydrogens (tertiary/aromatic N) is 1. The van der Waals surface area contributed by atoms with Crippen LogP contribution < -0.4 is 0 Å². The zero-order valence-corrected chi connectivity index (χ0v) is 21.2. The van der Waals surface area contributed by atoms with E-state index in [-0.39, 0.29) is 12.0 Å². The van der Waals surface area contributed by atoms with E-state index in [0.717, 1.165) is 24.1 Å². The van der Waals surface area contributed by atoms with E-state index in [1.54, 1.807) is 0 Å². The van der Waals surface area contributed by atoms with Gasteiger partial charge in [0.2, 0.25) is 0 Å². The Labute approximate surface area is 196 Å². The Bertz CT molecular complexity index is 909. The van der Waals surface area contributed by atoms with Gasteiger partial charge < -0.3 is 5.41 Å². The summed E-state index contributed by atoms with van der Waals surface area (Å²) in [5.74, 6) is 1.46. The molecule has 0 bridgehead atoms. The van der Waals surface area contributed by atoms with E-state index in [0.29, 0.717) is 17.5 Å². The molecule has 2 nitrogen and oxygen atoms in total. The van der Waals surface area contributed by atoms with Crippen LogP contribution in [0.3, 0.4) is 0 Å². The van der Waals surface area contributed by atoms with Crippen molar-refractivity contribution in [2.24, 2.45) is 16.8 Å². The molecule has 1 aliphatic rings.